The molecule has 0 unspecified atom stereocenters. The summed E-state index contributed by atoms with van der Waals surface area (Å²) in [6, 6.07) is 7.88. The Labute approximate surface area is 119 Å². The first-order chi connectivity index (χ1) is 9.65. The monoisotopic (exact) mass is 289 g/mol. The van der Waals surface area contributed by atoms with Gasteiger partial charge in [0.1, 0.15) is 5.82 Å². The molecule has 5 heteroatoms. The number of Topliss-reactive ketones (excluding diaryl/α,β-unsaturated/α-hetero) is 1. The first kappa shape index (κ1) is 13.0. The molecule has 0 spiro atoms. The topological polar surface area (TPSA) is 37.4 Å². The van der Waals surface area contributed by atoms with Crippen LogP contribution in [0.25, 0.3) is 0 Å². The second-order valence-electron chi connectivity index (χ2n) is 4.65. The third-order valence-electron chi connectivity index (χ3n) is 3.34. The normalized spacial score (nSPS) is 14.2. The van der Waals surface area contributed by atoms with E-state index in [9.17, 15) is 14.0 Å². The van der Waals surface area contributed by atoms with Crippen molar-refractivity contribution in [2.75, 3.05) is 11.4 Å². The maximum atomic E-state index is 13.2. The van der Waals surface area contributed by atoms with Crippen molar-refractivity contribution in [1.82, 2.24) is 0 Å². The number of carbonyl (C=O) groups excluding carboxylic acids is 2. The number of hydrogen-bond acceptors (Lipinski definition) is 3. The average molecular weight is 289 g/mol. The van der Waals surface area contributed by atoms with Gasteiger partial charge in [0.2, 0.25) is 5.91 Å². The van der Waals surface area contributed by atoms with Crippen molar-refractivity contribution in [3.05, 3.63) is 52.0 Å². The first-order valence-corrected chi connectivity index (χ1v) is 7.18. The fourth-order valence-electron chi connectivity index (χ4n) is 2.36. The molecular formula is C15H12FNO2S. The minimum absolute atomic E-state index is 0.0119. The van der Waals surface area contributed by atoms with Crippen LogP contribution in [0, 0.1) is 5.82 Å². The van der Waals surface area contributed by atoms with E-state index in [4.69, 9.17) is 0 Å². The van der Waals surface area contributed by atoms with Gasteiger partial charge in [-0.25, -0.2) is 4.39 Å². The predicted molar refractivity (Wildman–Crippen MR) is 75.7 cm³/mol. The maximum absolute atomic E-state index is 13.2. The summed E-state index contributed by atoms with van der Waals surface area (Å²) in [5.74, 6) is -0.498. The number of carbonyl (C=O) groups is 2. The number of benzene rings is 1. The van der Waals surface area contributed by atoms with Crippen molar-refractivity contribution < 1.29 is 14.0 Å². The van der Waals surface area contributed by atoms with Crippen LogP contribution in [0.5, 0.6) is 0 Å². The number of rotatable bonds is 3. The molecule has 0 radical (unpaired) electrons. The van der Waals surface area contributed by atoms with E-state index in [1.807, 2.05) is 5.38 Å². The van der Waals surface area contributed by atoms with Crippen LogP contribution in [-0.4, -0.2) is 18.2 Å². The Morgan fingerprint density at radius 1 is 1.30 bits per heavy atom. The smallest absolute Gasteiger partial charge is 0.227 e. The zero-order valence-corrected chi connectivity index (χ0v) is 11.5. The Morgan fingerprint density at radius 2 is 2.15 bits per heavy atom. The molecule has 1 aromatic heterocycles. The molecule has 2 heterocycles. The first-order valence-electron chi connectivity index (χ1n) is 6.30. The molecule has 1 aliphatic heterocycles. The van der Waals surface area contributed by atoms with Crippen molar-refractivity contribution in [2.24, 2.45) is 0 Å². The fraction of sp³-hybridized carbons (Fsp3) is 0.200. The lowest BCUT2D eigenvalue weighted by Gasteiger charge is -2.28. The second kappa shape index (κ2) is 5.17. The number of thiophene rings is 1. The van der Waals surface area contributed by atoms with Gasteiger partial charge in [0.25, 0.3) is 0 Å². The Morgan fingerprint density at radius 3 is 2.90 bits per heavy atom. The summed E-state index contributed by atoms with van der Waals surface area (Å²) in [6.07, 6.45) is 0.837. The maximum Gasteiger partial charge on any atom is 0.227 e. The van der Waals surface area contributed by atoms with Crippen LogP contribution in [0.3, 0.4) is 0 Å². The largest absolute Gasteiger partial charge is 0.304 e. The molecule has 1 aromatic carbocycles. The van der Waals surface area contributed by atoms with Crippen molar-refractivity contribution in [1.29, 1.82) is 0 Å². The van der Waals surface area contributed by atoms with Gasteiger partial charge in [0, 0.05) is 12.1 Å². The predicted octanol–water partition coefficient (Wildman–Crippen LogP) is 3.05. The summed E-state index contributed by atoms with van der Waals surface area (Å²) >= 11 is 1.36. The average Bonchev–Trinajstić information content (AvgIpc) is 2.96. The van der Waals surface area contributed by atoms with Crippen LogP contribution in [0.4, 0.5) is 10.1 Å². The van der Waals surface area contributed by atoms with E-state index in [-0.39, 0.29) is 24.1 Å². The third-order valence-corrected chi connectivity index (χ3v) is 4.25. The molecule has 0 N–H and O–H groups in total. The number of ketones is 1. The number of amides is 1. The van der Waals surface area contributed by atoms with Gasteiger partial charge in [0.15, 0.2) is 5.78 Å². The molecular weight excluding hydrogens is 277 g/mol. The molecule has 3 nitrogen and oxygen atoms in total. The summed E-state index contributed by atoms with van der Waals surface area (Å²) in [5, 5.41) is 1.83. The molecule has 0 atom stereocenters. The van der Waals surface area contributed by atoms with Crippen LogP contribution in [-0.2, 0) is 11.2 Å². The molecule has 0 aliphatic carbocycles. The van der Waals surface area contributed by atoms with Crippen molar-refractivity contribution >= 4 is 28.7 Å². The molecule has 20 heavy (non-hydrogen) atoms. The molecule has 1 aliphatic rings. The molecule has 0 saturated carbocycles. The van der Waals surface area contributed by atoms with E-state index in [1.165, 1.54) is 28.4 Å². The lowest BCUT2D eigenvalue weighted by Crippen LogP contribution is -2.38. The zero-order valence-electron chi connectivity index (χ0n) is 10.6. The molecule has 0 fully saturated rings. The van der Waals surface area contributed by atoms with E-state index in [0.29, 0.717) is 23.4 Å². The highest BCUT2D eigenvalue weighted by atomic mass is 32.1. The molecule has 0 saturated heterocycles. The third kappa shape index (κ3) is 2.36. The van der Waals surface area contributed by atoms with Crippen LogP contribution >= 0.6 is 11.3 Å². The van der Waals surface area contributed by atoms with Crippen LogP contribution < -0.4 is 4.90 Å². The Kier molecular flexibility index (Phi) is 3.36. The van der Waals surface area contributed by atoms with Crippen LogP contribution in [0.2, 0.25) is 0 Å². The van der Waals surface area contributed by atoms with Crippen LogP contribution in [0.15, 0.2) is 35.7 Å². The Bertz CT molecular complexity index is 667. The van der Waals surface area contributed by atoms with Gasteiger partial charge < -0.3 is 4.90 Å². The molecule has 102 valence electrons. The van der Waals surface area contributed by atoms with Crippen molar-refractivity contribution in [3.63, 3.8) is 0 Å². The minimum atomic E-state index is -0.317. The van der Waals surface area contributed by atoms with E-state index in [1.54, 1.807) is 18.2 Å². The van der Waals surface area contributed by atoms with Crippen molar-refractivity contribution in [2.45, 2.75) is 12.8 Å². The highest BCUT2D eigenvalue weighted by Crippen LogP contribution is 2.28. The molecule has 0 bridgehead atoms. The fourth-order valence-corrected chi connectivity index (χ4v) is 3.02. The van der Waals surface area contributed by atoms with Gasteiger partial charge in [-0.2, -0.15) is 0 Å². The molecule has 1 amide bonds. The lowest BCUT2D eigenvalue weighted by atomic mass is 10.0. The highest BCUT2D eigenvalue weighted by molar-refractivity contribution is 7.12. The van der Waals surface area contributed by atoms with Gasteiger partial charge in [-0.1, -0.05) is 6.07 Å². The quantitative estimate of drug-likeness (QED) is 0.814. The summed E-state index contributed by atoms with van der Waals surface area (Å²) in [6.45, 7) is 0.0119. The summed E-state index contributed by atoms with van der Waals surface area (Å²) in [4.78, 5) is 26.3. The lowest BCUT2D eigenvalue weighted by molar-refractivity contribution is -0.118. The Hall–Kier alpha value is -2.01. The number of nitrogens with zero attached hydrogens (tertiary/aromatic N) is 1. The van der Waals surface area contributed by atoms with Gasteiger partial charge in [-0.15, -0.1) is 11.3 Å². The van der Waals surface area contributed by atoms with E-state index in [0.717, 1.165) is 5.56 Å². The SMILES string of the molecule is O=C(CN1C(=O)CCc2cc(F)ccc21)c1cccs1. The summed E-state index contributed by atoms with van der Waals surface area (Å²) < 4.78 is 13.2. The van der Waals surface area contributed by atoms with E-state index < -0.39 is 0 Å². The number of halogens is 1. The standard InChI is InChI=1S/C15H12FNO2S/c16-11-4-5-12-10(8-11)3-6-15(19)17(12)9-13(18)14-2-1-7-20-14/h1-2,4-5,7-8H,3,6,9H2. The second-order valence-corrected chi connectivity index (χ2v) is 5.60. The number of fused-ring (bicyclic) bond motifs is 1. The zero-order chi connectivity index (χ0) is 14.1. The van der Waals surface area contributed by atoms with Gasteiger partial charge in [-0.05, 0) is 41.6 Å². The van der Waals surface area contributed by atoms with Gasteiger partial charge in [0.05, 0.1) is 11.4 Å². The minimum Gasteiger partial charge on any atom is -0.304 e. The van der Waals surface area contributed by atoms with E-state index >= 15 is 0 Å². The summed E-state index contributed by atoms with van der Waals surface area (Å²) in [5.41, 5.74) is 1.43. The molecule has 2 aromatic rings. The highest BCUT2D eigenvalue weighted by Gasteiger charge is 2.26. The van der Waals surface area contributed by atoms with Crippen molar-refractivity contribution in [3.8, 4) is 0 Å². The number of anilines is 1. The van der Waals surface area contributed by atoms with Crippen LogP contribution in [0.1, 0.15) is 21.7 Å². The Balaban J connectivity index is 1.90. The molecule has 3 rings (SSSR count). The summed E-state index contributed by atoms with van der Waals surface area (Å²) in [7, 11) is 0. The number of hydrogen-bond donors (Lipinski definition) is 0. The van der Waals surface area contributed by atoms with Gasteiger partial charge in [-0.3, -0.25) is 9.59 Å². The number of aryl methyl sites for hydroxylation is 1. The van der Waals surface area contributed by atoms with E-state index in [2.05, 4.69) is 0 Å². The van der Waals surface area contributed by atoms with Gasteiger partial charge >= 0.3 is 0 Å².